The van der Waals surface area contributed by atoms with Crippen LogP contribution in [0.1, 0.15) is 0 Å². The van der Waals surface area contributed by atoms with Crippen molar-refractivity contribution in [2.24, 2.45) is 0 Å². The fraction of sp³-hybridized carbons (Fsp3) is 0. The number of hydrogen-bond acceptors (Lipinski definition) is 5. The highest BCUT2D eigenvalue weighted by Gasteiger charge is 2.11. The number of para-hydroxylation sites is 1. The summed E-state index contributed by atoms with van der Waals surface area (Å²) >= 11 is 0. The number of aromatic nitrogens is 2. The minimum absolute atomic E-state index is 0.352. The molecule has 2 aromatic heterocycles. The Bertz CT molecular complexity index is 612. The van der Waals surface area contributed by atoms with Crippen LogP contribution in [0.25, 0.3) is 22.4 Å². The Labute approximate surface area is 84.5 Å². The van der Waals surface area contributed by atoms with Crippen LogP contribution in [0.5, 0.6) is 0 Å². The highest BCUT2D eigenvalue weighted by Crippen LogP contribution is 2.28. The molecular weight excluding hydrogens is 194 g/mol. The number of rotatable bonds is 1. The van der Waals surface area contributed by atoms with Gasteiger partial charge in [0.2, 0.25) is 0 Å². The Morgan fingerprint density at radius 2 is 2.20 bits per heavy atom. The van der Waals surface area contributed by atoms with Crippen LogP contribution in [0.15, 0.2) is 39.6 Å². The van der Waals surface area contributed by atoms with Crippen LogP contribution >= 0.6 is 0 Å². The molecule has 0 saturated heterocycles. The number of benzene rings is 1. The molecule has 3 aromatic rings. The van der Waals surface area contributed by atoms with Gasteiger partial charge < -0.3 is 14.7 Å². The van der Waals surface area contributed by atoms with E-state index in [0.717, 1.165) is 11.1 Å². The van der Waals surface area contributed by atoms with E-state index in [1.807, 2.05) is 18.2 Å². The molecule has 2 N–H and O–H groups in total. The van der Waals surface area contributed by atoms with Gasteiger partial charge in [-0.05, 0) is 12.1 Å². The topological polar surface area (TPSA) is 78.1 Å². The van der Waals surface area contributed by atoms with Crippen molar-refractivity contribution in [2.75, 3.05) is 5.73 Å². The van der Waals surface area contributed by atoms with E-state index in [9.17, 15) is 0 Å². The van der Waals surface area contributed by atoms with Crippen molar-refractivity contribution < 1.29 is 8.94 Å². The van der Waals surface area contributed by atoms with Crippen molar-refractivity contribution in [1.82, 2.24) is 10.1 Å². The molecule has 0 unspecified atom stereocenters. The van der Waals surface area contributed by atoms with Gasteiger partial charge in [0.05, 0.1) is 0 Å². The highest BCUT2D eigenvalue weighted by atomic mass is 16.5. The third kappa shape index (κ3) is 1.17. The zero-order valence-electron chi connectivity index (χ0n) is 7.68. The SMILES string of the molecule is Nc1cc(-c2cccc3ocnc23)on1. The van der Waals surface area contributed by atoms with E-state index < -0.39 is 0 Å². The minimum Gasteiger partial charge on any atom is -0.443 e. The Balaban J connectivity index is 2.30. The first-order valence-electron chi connectivity index (χ1n) is 4.39. The summed E-state index contributed by atoms with van der Waals surface area (Å²) in [5.41, 5.74) is 7.77. The van der Waals surface area contributed by atoms with Gasteiger partial charge in [0.25, 0.3) is 0 Å². The van der Waals surface area contributed by atoms with Gasteiger partial charge in [0.15, 0.2) is 23.6 Å². The number of fused-ring (bicyclic) bond motifs is 1. The van der Waals surface area contributed by atoms with Crippen LogP contribution in [-0.4, -0.2) is 10.1 Å². The first-order valence-corrected chi connectivity index (χ1v) is 4.39. The zero-order chi connectivity index (χ0) is 10.3. The van der Waals surface area contributed by atoms with Gasteiger partial charge in [-0.1, -0.05) is 11.2 Å². The molecule has 0 aliphatic heterocycles. The molecule has 5 nitrogen and oxygen atoms in total. The van der Waals surface area contributed by atoms with E-state index in [1.54, 1.807) is 6.07 Å². The molecule has 0 aliphatic rings. The van der Waals surface area contributed by atoms with Crippen LogP contribution in [0.2, 0.25) is 0 Å². The van der Waals surface area contributed by atoms with Crippen molar-refractivity contribution in [3.8, 4) is 11.3 Å². The maximum Gasteiger partial charge on any atom is 0.182 e. The molecule has 0 fully saturated rings. The lowest BCUT2D eigenvalue weighted by atomic mass is 10.1. The number of nitrogens with zero attached hydrogens (tertiary/aromatic N) is 2. The smallest absolute Gasteiger partial charge is 0.182 e. The summed E-state index contributed by atoms with van der Waals surface area (Å²) in [4.78, 5) is 4.11. The number of anilines is 1. The predicted octanol–water partition coefficient (Wildman–Crippen LogP) is 2.06. The Kier molecular flexibility index (Phi) is 1.53. The van der Waals surface area contributed by atoms with Gasteiger partial charge in [-0.15, -0.1) is 0 Å². The van der Waals surface area contributed by atoms with E-state index in [1.165, 1.54) is 6.39 Å². The van der Waals surface area contributed by atoms with Crippen LogP contribution in [0.3, 0.4) is 0 Å². The van der Waals surface area contributed by atoms with Gasteiger partial charge >= 0.3 is 0 Å². The fourth-order valence-electron chi connectivity index (χ4n) is 1.50. The van der Waals surface area contributed by atoms with Crippen LogP contribution < -0.4 is 5.73 Å². The molecule has 0 amide bonds. The lowest BCUT2D eigenvalue weighted by Crippen LogP contribution is -1.80. The van der Waals surface area contributed by atoms with Gasteiger partial charge in [0.1, 0.15) is 5.52 Å². The highest BCUT2D eigenvalue weighted by molar-refractivity contribution is 5.89. The van der Waals surface area contributed by atoms with Gasteiger partial charge in [-0.25, -0.2) is 4.98 Å². The number of nitrogen functional groups attached to an aromatic ring is 1. The molecule has 0 saturated carbocycles. The van der Waals surface area contributed by atoms with E-state index in [0.29, 0.717) is 17.2 Å². The summed E-state index contributed by atoms with van der Waals surface area (Å²) in [5.74, 6) is 0.942. The van der Waals surface area contributed by atoms with E-state index in [-0.39, 0.29) is 0 Å². The summed E-state index contributed by atoms with van der Waals surface area (Å²) in [5, 5.41) is 3.63. The lowest BCUT2D eigenvalue weighted by Gasteiger charge is -1.94. The minimum atomic E-state index is 0.352. The normalized spacial score (nSPS) is 10.9. The van der Waals surface area contributed by atoms with Gasteiger partial charge in [-0.3, -0.25) is 0 Å². The standard InChI is InChI=1S/C10H7N3O2/c11-9-4-8(15-13-9)6-2-1-3-7-10(6)12-5-14-7/h1-5H,(H2,11,13). The third-order valence-electron chi connectivity index (χ3n) is 2.15. The van der Waals surface area contributed by atoms with Crippen molar-refractivity contribution in [3.05, 3.63) is 30.7 Å². The maximum absolute atomic E-state index is 5.49. The Hall–Kier alpha value is -2.30. The summed E-state index contributed by atoms with van der Waals surface area (Å²) in [6.07, 6.45) is 1.40. The quantitative estimate of drug-likeness (QED) is 0.651. The second-order valence-electron chi connectivity index (χ2n) is 3.12. The summed E-state index contributed by atoms with van der Waals surface area (Å²) in [6, 6.07) is 7.24. The molecular formula is C10H7N3O2. The summed E-state index contributed by atoms with van der Waals surface area (Å²) < 4.78 is 10.3. The molecule has 0 aliphatic carbocycles. The second kappa shape index (κ2) is 2.84. The third-order valence-corrected chi connectivity index (χ3v) is 2.15. The van der Waals surface area contributed by atoms with Crippen LogP contribution in [-0.2, 0) is 0 Å². The maximum atomic E-state index is 5.49. The number of nitrogens with two attached hydrogens (primary N) is 1. The monoisotopic (exact) mass is 201 g/mol. The largest absolute Gasteiger partial charge is 0.443 e. The number of hydrogen-bond donors (Lipinski definition) is 1. The molecule has 0 bridgehead atoms. The molecule has 3 rings (SSSR count). The average molecular weight is 201 g/mol. The molecule has 0 radical (unpaired) electrons. The van der Waals surface area contributed by atoms with E-state index >= 15 is 0 Å². The molecule has 15 heavy (non-hydrogen) atoms. The zero-order valence-corrected chi connectivity index (χ0v) is 7.68. The molecule has 0 atom stereocenters. The van der Waals surface area contributed by atoms with Crippen LogP contribution in [0, 0.1) is 0 Å². The molecule has 0 spiro atoms. The first kappa shape index (κ1) is 8.05. The number of oxazole rings is 1. The summed E-state index contributed by atoms with van der Waals surface area (Å²) in [7, 11) is 0. The summed E-state index contributed by atoms with van der Waals surface area (Å²) in [6.45, 7) is 0. The Morgan fingerprint density at radius 1 is 1.27 bits per heavy atom. The molecule has 5 heteroatoms. The first-order chi connectivity index (χ1) is 7.34. The van der Waals surface area contributed by atoms with Crippen LogP contribution in [0.4, 0.5) is 5.82 Å². The molecule has 74 valence electrons. The predicted molar refractivity (Wildman–Crippen MR) is 53.9 cm³/mol. The fourth-order valence-corrected chi connectivity index (χ4v) is 1.50. The average Bonchev–Trinajstić information content (AvgIpc) is 2.84. The van der Waals surface area contributed by atoms with Crippen molar-refractivity contribution in [2.45, 2.75) is 0 Å². The van der Waals surface area contributed by atoms with Crippen molar-refractivity contribution >= 4 is 16.9 Å². The van der Waals surface area contributed by atoms with Gasteiger partial charge in [-0.2, -0.15) is 0 Å². The Morgan fingerprint density at radius 3 is 3.00 bits per heavy atom. The van der Waals surface area contributed by atoms with Crippen molar-refractivity contribution in [3.63, 3.8) is 0 Å². The molecule has 2 heterocycles. The molecule has 1 aromatic carbocycles. The van der Waals surface area contributed by atoms with E-state index in [4.69, 9.17) is 14.7 Å². The van der Waals surface area contributed by atoms with Crippen molar-refractivity contribution in [1.29, 1.82) is 0 Å². The van der Waals surface area contributed by atoms with E-state index in [2.05, 4.69) is 10.1 Å². The second-order valence-corrected chi connectivity index (χ2v) is 3.12. The lowest BCUT2D eigenvalue weighted by molar-refractivity contribution is 0.436. The van der Waals surface area contributed by atoms with Gasteiger partial charge in [0, 0.05) is 11.6 Å².